The van der Waals surface area contributed by atoms with E-state index >= 15 is 0 Å². The van der Waals surface area contributed by atoms with Crippen molar-refractivity contribution in [1.82, 2.24) is 4.98 Å². The first-order chi connectivity index (χ1) is 5.92. The zero-order valence-electron chi connectivity index (χ0n) is 6.86. The minimum absolute atomic E-state index is 0.436. The maximum Gasteiger partial charge on any atom is 0.120 e. The van der Waals surface area contributed by atoms with Gasteiger partial charge in [-0.1, -0.05) is 0 Å². The summed E-state index contributed by atoms with van der Waals surface area (Å²) in [4.78, 5) is 14.4. The molecule has 1 unspecified atom stereocenters. The number of aldehydes is 1. The SMILES string of the molecule is O=CCC1CCc2ccncc21. The Balaban J connectivity index is 2.29. The van der Waals surface area contributed by atoms with E-state index in [9.17, 15) is 4.79 Å². The van der Waals surface area contributed by atoms with Gasteiger partial charge in [0.2, 0.25) is 0 Å². The molecular weight excluding hydrogens is 150 g/mol. The minimum Gasteiger partial charge on any atom is -0.303 e. The number of rotatable bonds is 2. The van der Waals surface area contributed by atoms with Gasteiger partial charge in [-0.3, -0.25) is 4.98 Å². The summed E-state index contributed by atoms with van der Waals surface area (Å²) < 4.78 is 0. The fourth-order valence-electron chi connectivity index (χ4n) is 1.88. The van der Waals surface area contributed by atoms with Crippen LogP contribution in [0.3, 0.4) is 0 Å². The quantitative estimate of drug-likeness (QED) is 0.618. The molecule has 1 aromatic heterocycles. The molecule has 0 spiro atoms. The summed E-state index contributed by atoms with van der Waals surface area (Å²) in [5.41, 5.74) is 2.65. The summed E-state index contributed by atoms with van der Waals surface area (Å²) in [6.45, 7) is 0. The van der Waals surface area contributed by atoms with E-state index in [2.05, 4.69) is 11.1 Å². The Labute approximate surface area is 71.6 Å². The predicted octanol–water partition coefficient (Wildman–Crippen LogP) is 1.70. The molecular formula is C10H11NO. The summed E-state index contributed by atoms with van der Waals surface area (Å²) in [7, 11) is 0. The molecule has 1 aliphatic carbocycles. The van der Waals surface area contributed by atoms with E-state index < -0.39 is 0 Å². The topological polar surface area (TPSA) is 30.0 Å². The van der Waals surface area contributed by atoms with Crippen LogP contribution in [0, 0.1) is 0 Å². The normalized spacial score (nSPS) is 20.5. The molecule has 0 saturated heterocycles. The molecule has 1 aliphatic rings. The Morgan fingerprint density at radius 1 is 1.67 bits per heavy atom. The van der Waals surface area contributed by atoms with Gasteiger partial charge in [-0.25, -0.2) is 0 Å². The molecule has 2 rings (SSSR count). The van der Waals surface area contributed by atoms with Gasteiger partial charge in [0.15, 0.2) is 0 Å². The van der Waals surface area contributed by atoms with Crippen molar-refractivity contribution in [2.75, 3.05) is 0 Å². The van der Waals surface area contributed by atoms with Crippen molar-refractivity contribution in [3.05, 3.63) is 29.6 Å². The third-order valence-corrected chi connectivity index (χ3v) is 2.53. The van der Waals surface area contributed by atoms with E-state index in [4.69, 9.17) is 0 Å². The molecule has 1 aromatic rings. The maximum atomic E-state index is 10.4. The first-order valence-corrected chi connectivity index (χ1v) is 4.28. The Morgan fingerprint density at radius 3 is 3.42 bits per heavy atom. The monoisotopic (exact) mass is 161 g/mol. The number of hydrogen-bond donors (Lipinski definition) is 0. The van der Waals surface area contributed by atoms with E-state index in [1.165, 1.54) is 11.1 Å². The van der Waals surface area contributed by atoms with E-state index in [1.807, 2.05) is 12.4 Å². The molecule has 1 heterocycles. The van der Waals surface area contributed by atoms with E-state index in [-0.39, 0.29) is 0 Å². The summed E-state index contributed by atoms with van der Waals surface area (Å²) in [5, 5.41) is 0. The van der Waals surface area contributed by atoms with Crippen LogP contribution in [0.2, 0.25) is 0 Å². The first kappa shape index (κ1) is 7.47. The highest BCUT2D eigenvalue weighted by Crippen LogP contribution is 2.33. The standard InChI is InChI=1S/C10H11NO/c12-6-4-9-2-1-8-3-5-11-7-10(8)9/h3,5-7,9H,1-2,4H2. The molecule has 2 nitrogen and oxygen atoms in total. The highest BCUT2D eigenvalue weighted by Gasteiger charge is 2.21. The third-order valence-electron chi connectivity index (χ3n) is 2.53. The summed E-state index contributed by atoms with van der Waals surface area (Å²) >= 11 is 0. The highest BCUT2D eigenvalue weighted by atomic mass is 16.1. The second kappa shape index (κ2) is 3.05. The number of carbonyl (C=O) groups is 1. The third kappa shape index (κ3) is 1.13. The van der Waals surface area contributed by atoms with Gasteiger partial charge in [0, 0.05) is 18.8 Å². The summed E-state index contributed by atoms with van der Waals surface area (Å²) in [5.74, 6) is 0.436. The zero-order chi connectivity index (χ0) is 8.39. The lowest BCUT2D eigenvalue weighted by Gasteiger charge is -2.04. The number of hydrogen-bond acceptors (Lipinski definition) is 2. The van der Waals surface area contributed by atoms with Crippen LogP contribution in [0.4, 0.5) is 0 Å². The van der Waals surface area contributed by atoms with Crippen LogP contribution in [0.15, 0.2) is 18.5 Å². The number of nitrogens with zero attached hydrogens (tertiary/aromatic N) is 1. The maximum absolute atomic E-state index is 10.4. The molecule has 0 saturated carbocycles. The Kier molecular flexibility index (Phi) is 1.90. The predicted molar refractivity (Wildman–Crippen MR) is 46.0 cm³/mol. The summed E-state index contributed by atoms with van der Waals surface area (Å²) in [6.07, 6.45) is 7.60. The molecule has 0 N–H and O–H groups in total. The van der Waals surface area contributed by atoms with Crippen LogP contribution < -0.4 is 0 Å². The first-order valence-electron chi connectivity index (χ1n) is 4.28. The molecule has 0 aromatic carbocycles. The Bertz CT molecular complexity index is 296. The van der Waals surface area contributed by atoms with Gasteiger partial charge in [-0.2, -0.15) is 0 Å². The van der Waals surface area contributed by atoms with Crippen molar-refractivity contribution < 1.29 is 4.79 Å². The van der Waals surface area contributed by atoms with E-state index in [0.29, 0.717) is 12.3 Å². The van der Waals surface area contributed by atoms with Crippen molar-refractivity contribution in [2.45, 2.75) is 25.2 Å². The number of carbonyl (C=O) groups excluding carboxylic acids is 1. The molecule has 1 atom stereocenters. The number of fused-ring (bicyclic) bond motifs is 1. The highest BCUT2D eigenvalue weighted by molar-refractivity contribution is 5.52. The average molecular weight is 161 g/mol. The fraction of sp³-hybridized carbons (Fsp3) is 0.400. The molecule has 0 fully saturated rings. The number of aromatic nitrogens is 1. The molecule has 0 amide bonds. The molecule has 2 heteroatoms. The summed E-state index contributed by atoms with van der Waals surface area (Å²) in [6, 6.07) is 2.06. The molecule has 0 radical (unpaired) electrons. The molecule has 0 aliphatic heterocycles. The molecule has 0 bridgehead atoms. The van der Waals surface area contributed by atoms with Crippen LogP contribution in [0.5, 0.6) is 0 Å². The fourth-order valence-corrected chi connectivity index (χ4v) is 1.88. The van der Waals surface area contributed by atoms with Gasteiger partial charge >= 0.3 is 0 Å². The largest absolute Gasteiger partial charge is 0.303 e. The van der Waals surface area contributed by atoms with Crippen molar-refractivity contribution in [2.24, 2.45) is 0 Å². The van der Waals surface area contributed by atoms with Gasteiger partial charge in [0.1, 0.15) is 6.29 Å². The lowest BCUT2D eigenvalue weighted by Crippen LogP contribution is -1.94. The molecule has 62 valence electrons. The Morgan fingerprint density at radius 2 is 2.58 bits per heavy atom. The van der Waals surface area contributed by atoms with E-state index in [0.717, 1.165) is 19.1 Å². The second-order valence-electron chi connectivity index (χ2n) is 3.21. The van der Waals surface area contributed by atoms with Crippen molar-refractivity contribution in [3.8, 4) is 0 Å². The lowest BCUT2D eigenvalue weighted by molar-refractivity contribution is -0.108. The number of aryl methyl sites for hydroxylation is 1. The minimum atomic E-state index is 0.436. The van der Waals surface area contributed by atoms with E-state index in [1.54, 1.807) is 0 Å². The van der Waals surface area contributed by atoms with Crippen molar-refractivity contribution in [3.63, 3.8) is 0 Å². The van der Waals surface area contributed by atoms with Gasteiger partial charge in [-0.15, -0.1) is 0 Å². The van der Waals surface area contributed by atoms with Crippen LogP contribution in [0.25, 0.3) is 0 Å². The average Bonchev–Trinajstić information content (AvgIpc) is 2.50. The smallest absolute Gasteiger partial charge is 0.120 e. The number of pyridine rings is 1. The Hall–Kier alpha value is -1.18. The molecule has 12 heavy (non-hydrogen) atoms. The second-order valence-corrected chi connectivity index (χ2v) is 3.21. The van der Waals surface area contributed by atoms with Gasteiger partial charge < -0.3 is 4.79 Å². The zero-order valence-corrected chi connectivity index (χ0v) is 6.86. The van der Waals surface area contributed by atoms with Gasteiger partial charge in [0.05, 0.1) is 0 Å². The van der Waals surface area contributed by atoms with Crippen LogP contribution in [-0.2, 0) is 11.2 Å². The van der Waals surface area contributed by atoms with Gasteiger partial charge in [-0.05, 0) is 36.0 Å². The van der Waals surface area contributed by atoms with Crippen LogP contribution in [-0.4, -0.2) is 11.3 Å². The van der Waals surface area contributed by atoms with Crippen molar-refractivity contribution in [1.29, 1.82) is 0 Å². The lowest BCUT2D eigenvalue weighted by atomic mass is 10.0. The van der Waals surface area contributed by atoms with Crippen molar-refractivity contribution >= 4 is 6.29 Å². The van der Waals surface area contributed by atoms with Gasteiger partial charge in [0.25, 0.3) is 0 Å². The van der Waals surface area contributed by atoms with Crippen LogP contribution in [0.1, 0.15) is 29.9 Å². The van der Waals surface area contributed by atoms with Crippen LogP contribution >= 0.6 is 0 Å².